The Morgan fingerprint density at radius 2 is 1.91 bits per heavy atom. The van der Waals surface area contributed by atoms with Gasteiger partial charge in [0.15, 0.2) is 0 Å². The lowest BCUT2D eigenvalue weighted by Gasteiger charge is -2.34. The SMILES string of the molecule is O=CC1Cc2ccccc2N(Cc2cccc(C(F)(F)F)c2)C1. The van der Waals surface area contributed by atoms with Crippen LogP contribution in [0.5, 0.6) is 0 Å². The van der Waals surface area contributed by atoms with E-state index in [1.54, 1.807) is 6.07 Å². The topological polar surface area (TPSA) is 20.3 Å². The van der Waals surface area contributed by atoms with Crippen molar-refractivity contribution in [2.24, 2.45) is 5.92 Å². The van der Waals surface area contributed by atoms with Crippen LogP contribution in [0.2, 0.25) is 0 Å². The van der Waals surface area contributed by atoms with Crippen LogP contribution in [0, 0.1) is 5.92 Å². The average molecular weight is 319 g/mol. The van der Waals surface area contributed by atoms with Gasteiger partial charge in [0.2, 0.25) is 0 Å². The molecule has 1 heterocycles. The fourth-order valence-corrected chi connectivity index (χ4v) is 3.03. The Bertz CT molecular complexity index is 711. The van der Waals surface area contributed by atoms with Gasteiger partial charge in [-0.2, -0.15) is 13.2 Å². The predicted molar refractivity (Wildman–Crippen MR) is 82.2 cm³/mol. The fraction of sp³-hybridized carbons (Fsp3) is 0.278. The number of halogens is 3. The Morgan fingerprint density at radius 3 is 2.65 bits per heavy atom. The van der Waals surface area contributed by atoms with Gasteiger partial charge in [-0.3, -0.25) is 0 Å². The molecule has 0 spiro atoms. The zero-order valence-electron chi connectivity index (χ0n) is 12.4. The van der Waals surface area contributed by atoms with E-state index >= 15 is 0 Å². The van der Waals surface area contributed by atoms with Gasteiger partial charge < -0.3 is 9.69 Å². The molecule has 2 aromatic carbocycles. The van der Waals surface area contributed by atoms with Gasteiger partial charge in [-0.25, -0.2) is 0 Å². The Hall–Kier alpha value is -2.30. The molecule has 120 valence electrons. The maximum atomic E-state index is 12.8. The van der Waals surface area contributed by atoms with E-state index < -0.39 is 11.7 Å². The van der Waals surface area contributed by atoms with Gasteiger partial charge >= 0.3 is 6.18 Å². The van der Waals surface area contributed by atoms with Crippen LogP contribution in [0.25, 0.3) is 0 Å². The van der Waals surface area contributed by atoms with Gasteiger partial charge in [-0.1, -0.05) is 30.3 Å². The highest BCUT2D eigenvalue weighted by Crippen LogP contribution is 2.32. The third-order valence-electron chi connectivity index (χ3n) is 4.09. The zero-order valence-corrected chi connectivity index (χ0v) is 12.4. The molecule has 0 aliphatic carbocycles. The molecule has 5 heteroatoms. The Balaban J connectivity index is 1.89. The highest BCUT2D eigenvalue weighted by atomic mass is 19.4. The normalized spacial score (nSPS) is 17.7. The predicted octanol–water partition coefficient (Wildman–Crippen LogP) is 4.08. The molecule has 0 radical (unpaired) electrons. The van der Waals surface area contributed by atoms with Gasteiger partial charge in [-0.15, -0.1) is 0 Å². The first-order chi connectivity index (χ1) is 11.0. The lowest BCUT2D eigenvalue weighted by atomic mass is 9.93. The van der Waals surface area contributed by atoms with Crippen LogP contribution in [0.15, 0.2) is 48.5 Å². The fourth-order valence-electron chi connectivity index (χ4n) is 3.03. The molecule has 2 nitrogen and oxygen atoms in total. The molecule has 1 unspecified atom stereocenters. The quantitative estimate of drug-likeness (QED) is 0.795. The molecule has 1 aliphatic heterocycles. The molecule has 0 bridgehead atoms. The van der Waals surface area contributed by atoms with Crippen molar-refractivity contribution >= 4 is 12.0 Å². The summed E-state index contributed by atoms with van der Waals surface area (Å²) in [7, 11) is 0. The largest absolute Gasteiger partial charge is 0.416 e. The van der Waals surface area contributed by atoms with Crippen LogP contribution < -0.4 is 4.90 Å². The van der Waals surface area contributed by atoms with Gasteiger partial charge in [0, 0.05) is 24.7 Å². The number of para-hydroxylation sites is 1. The molecule has 1 aliphatic rings. The second kappa shape index (κ2) is 6.07. The van der Waals surface area contributed by atoms with Gasteiger partial charge in [0.05, 0.1) is 5.56 Å². The molecule has 0 aromatic heterocycles. The molecule has 0 fully saturated rings. The van der Waals surface area contributed by atoms with Crippen molar-refractivity contribution < 1.29 is 18.0 Å². The second-order valence-electron chi connectivity index (χ2n) is 5.81. The minimum absolute atomic E-state index is 0.129. The Kier molecular flexibility index (Phi) is 4.11. The summed E-state index contributed by atoms with van der Waals surface area (Å²) in [6.07, 6.45) is -2.74. The van der Waals surface area contributed by atoms with Crippen molar-refractivity contribution in [1.29, 1.82) is 0 Å². The lowest BCUT2D eigenvalue weighted by molar-refractivity contribution is -0.137. The molecule has 3 rings (SSSR count). The maximum Gasteiger partial charge on any atom is 0.416 e. The number of anilines is 1. The summed E-state index contributed by atoms with van der Waals surface area (Å²) in [5.41, 5.74) is 1.99. The number of carbonyl (C=O) groups is 1. The molecule has 0 saturated carbocycles. The first kappa shape index (κ1) is 15.6. The molecule has 2 aromatic rings. The van der Waals surface area contributed by atoms with Crippen molar-refractivity contribution in [3.05, 3.63) is 65.2 Å². The third kappa shape index (κ3) is 3.38. The van der Waals surface area contributed by atoms with Crippen LogP contribution in [0.3, 0.4) is 0 Å². The van der Waals surface area contributed by atoms with E-state index in [4.69, 9.17) is 0 Å². The molecular weight excluding hydrogens is 303 g/mol. The number of benzene rings is 2. The minimum Gasteiger partial charge on any atom is -0.366 e. The van der Waals surface area contributed by atoms with Crippen molar-refractivity contribution in [1.82, 2.24) is 0 Å². The summed E-state index contributed by atoms with van der Waals surface area (Å²) in [5.74, 6) is -0.129. The molecule has 1 atom stereocenters. The lowest BCUT2D eigenvalue weighted by Crippen LogP contribution is -2.35. The van der Waals surface area contributed by atoms with Crippen LogP contribution in [0.1, 0.15) is 16.7 Å². The molecule has 0 amide bonds. The summed E-state index contributed by atoms with van der Waals surface area (Å²) in [6, 6.07) is 13.1. The van der Waals surface area contributed by atoms with Gasteiger partial charge in [0.1, 0.15) is 6.29 Å². The van der Waals surface area contributed by atoms with Crippen molar-refractivity contribution in [2.75, 3.05) is 11.4 Å². The van der Waals surface area contributed by atoms with E-state index in [1.807, 2.05) is 29.2 Å². The monoisotopic (exact) mass is 319 g/mol. The first-order valence-electron chi connectivity index (χ1n) is 7.41. The first-order valence-corrected chi connectivity index (χ1v) is 7.41. The number of hydrogen-bond donors (Lipinski definition) is 0. The van der Waals surface area contributed by atoms with E-state index in [0.717, 1.165) is 23.6 Å². The summed E-state index contributed by atoms with van der Waals surface area (Å²) in [4.78, 5) is 13.2. The summed E-state index contributed by atoms with van der Waals surface area (Å²) >= 11 is 0. The molecule has 23 heavy (non-hydrogen) atoms. The third-order valence-corrected chi connectivity index (χ3v) is 4.09. The number of hydrogen-bond acceptors (Lipinski definition) is 2. The molecular formula is C18H16F3NO. The smallest absolute Gasteiger partial charge is 0.366 e. The van der Waals surface area contributed by atoms with Crippen LogP contribution in [-0.4, -0.2) is 12.8 Å². The second-order valence-corrected chi connectivity index (χ2v) is 5.81. The van der Waals surface area contributed by atoms with E-state index in [0.29, 0.717) is 25.1 Å². The van der Waals surface area contributed by atoms with Gasteiger partial charge in [-0.05, 0) is 35.7 Å². The molecule has 0 N–H and O–H groups in total. The van der Waals surface area contributed by atoms with Crippen LogP contribution in [-0.2, 0) is 23.9 Å². The van der Waals surface area contributed by atoms with Crippen molar-refractivity contribution in [2.45, 2.75) is 19.1 Å². The molecule has 0 saturated heterocycles. The zero-order chi connectivity index (χ0) is 16.4. The number of nitrogens with zero attached hydrogens (tertiary/aromatic N) is 1. The number of alkyl halides is 3. The number of fused-ring (bicyclic) bond motifs is 1. The summed E-state index contributed by atoms with van der Waals surface area (Å²) < 4.78 is 38.5. The Labute approximate surface area is 132 Å². The standard InChI is InChI=1S/C18H16F3NO/c19-18(20,21)16-6-3-4-13(9-16)10-22-11-14(12-23)8-15-5-1-2-7-17(15)22/h1-7,9,12,14H,8,10-11H2. The van der Waals surface area contributed by atoms with Crippen LogP contribution >= 0.6 is 0 Å². The number of carbonyl (C=O) groups excluding carboxylic acids is 1. The number of rotatable bonds is 3. The van der Waals surface area contributed by atoms with Crippen molar-refractivity contribution in [3.63, 3.8) is 0 Å². The van der Waals surface area contributed by atoms with E-state index in [9.17, 15) is 18.0 Å². The van der Waals surface area contributed by atoms with E-state index in [-0.39, 0.29) is 5.92 Å². The Morgan fingerprint density at radius 1 is 1.13 bits per heavy atom. The minimum atomic E-state index is -4.35. The van der Waals surface area contributed by atoms with E-state index in [1.165, 1.54) is 12.1 Å². The van der Waals surface area contributed by atoms with Crippen molar-refractivity contribution in [3.8, 4) is 0 Å². The van der Waals surface area contributed by atoms with E-state index in [2.05, 4.69) is 0 Å². The number of aldehydes is 1. The van der Waals surface area contributed by atoms with Crippen LogP contribution in [0.4, 0.5) is 18.9 Å². The highest BCUT2D eigenvalue weighted by Gasteiger charge is 2.31. The summed E-state index contributed by atoms with van der Waals surface area (Å²) in [6.45, 7) is 0.877. The average Bonchev–Trinajstić information content (AvgIpc) is 2.54. The maximum absolute atomic E-state index is 12.8. The summed E-state index contributed by atoms with van der Waals surface area (Å²) in [5, 5.41) is 0. The highest BCUT2D eigenvalue weighted by molar-refractivity contribution is 5.63. The van der Waals surface area contributed by atoms with Gasteiger partial charge in [0.25, 0.3) is 0 Å².